The Labute approximate surface area is 130 Å². The van der Waals surface area contributed by atoms with Crippen molar-refractivity contribution in [3.8, 4) is 11.6 Å². The van der Waals surface area contributed by atoms with Gasteiger partial charge in [0, 0.05) is 9.61 Å². The Bertz CT molecular complexity index is 537. The van der Waals surface area contributed by atoms with E-state index in [-0.39, 0.29) is 5.91 Å². The molecule has 0 aliphatic carbocycles. The van der Waals surface area contributed by atoms with Gasteiger partial charge in [-0.3, -0.25) is 9.69 Å². The summed E-state index contributed by atoms with van der Waals surface area (Å²) < 4.78 is 0.939. The molecule has 1 aromatic carbocycles. The van der Waals surface area contributed by atoms with Gasteiger partial charge in [-0.2, -0.15) is 0 Å². The van der Waals surface area contributed by atoms with Crippen molar-refractivity contribution in [2.24, 2.45) is 0 Å². The van der Waals surface area contributed by atoms with E-state index in [0.717, 1.165) is 3.57 Å². The van der Waals surface area contributed by atoms with Crippen LogP contribution < -0.4 is 0 Å². The van der Waals surface area contributed by atoms with E-state index in [4.69, 9.17) is 0 Å². The second-order valence-electron chi connectivity index (χ2n) is 5.17. The lowest BCUT2D eigenvalue weighted by molar-refractivity contribution is 0.0846. The SMILES string of the molecule is C=CCN(C#C[Si](C)(C)C)C(=O)c1ccccc1I. The Kier molecular flexibility index (Phi) is 5.82. The highest BCUT2D eigenvalue weighted by molar-refractivity contribution is 14.1. The number of benzene rings is 1. The molecule has 0 saturated carbocycles. The van der Waals surface area contributed by atoms with Crippen LogP contribution in [0.15, 0.2) is 36.9 Å². The monoisotopic (exact) mass is 383 g/mol. The van der Waals surface area contributed by atoms with Crippen molar-refractivity contribution in [2.45, 2.75) is 19.6 Å². The second kappa shape index (κ2) is 6.92. The van der Waals surface area contributed by atoms with Crippen LogP contribution in [0, 0.1) is 15.2 Å². The molecule has 0 aliphatic rings. The molecular weight excluding hydrogens is 365 g/mol. The third kappa shape index (κ3) is 5.21. The standard InChI is InChI=1S/C15H18INOSi/c1-5-10-17(11-12-19(2,3)4)15(18)13-8-6-7-9-14(13)16/h5-9H,1,10H2,2-4H3. The highest BCUT2D eigenvalue weighted by Crippen LogP contribution is 2.14. The first-order valence-corrected chi connectivity index (χ1v) is 10.6. The van der Waals surface area contributed by atoms with E-state index >= 15 is 0 Å². The zero-order chi connectivity index (χ0) is 14.5. The fourth-order valence-corrected chi connectivity index (χ4v) is 2.41. The molecule has 0 fully saturated rings. The second-order valence-corrected chi connectivity index (χ2v) is 11.1. The molecule has 19 heavy (non-hydrogen) atoms. The molecule has 0 saturated heterocycles. The predicted molar refractivity (Wildman–Crippen MR) is 91.5 cm³/mol. The maximum atomic E-state index is 12.5. The summed E-state index contributed by atoms with van der Waals surface area (Å²) in [6.07, 6.45) is 1.70. The average molecular weight is 383 g/mol. The quantitative estimate of drug-likeness (QED) is 0.256. The van der Waals surface area contributed by atoms with Gasteiger partial charge in [-0.15, -0.1) is 12.1 Å². The number of rotatable bonds is 3. The summed E-state index contributed by atoms with van der Waals surface area (Å²) in [6, 6.07) is 10.5. The van der Waals surface area contributed by atoms with Crippen molar-refractivity contribution in [2.75, 3.05) is 6.54 Å². The molecule has 1 amide bonds. The van der Waals surface area contributed by atoms with Gasteiger partial charge in [0.2, 0.25) is 0 Å². The van der Waals surface area contributed by atoms with Gasteiger partial charge in [-0.25, -0.2) is 0 Å². The van der Waals surface area contributed by atoms with Gasteiger partial charge in [0.15, 0.2) is 0 Å². The van der Waals surface area contributed by atoms with Gasteiger partial charge in [-0.05, 0) is 34.7 Å². The Hall–Kier alpha value is -1.06. The Morgan fingerprint density at radius 2 is 2.05 bits per heavy atom. The lowest BCUT2D eigenvalue weighted by atomic mass is 10.2. The van der Waals surface area contributed by atoms with Crippen molar-refractivity contribution >= 4 is 36.6 Å². The number of hydrogen-bond donors (Lipinski definition) is 0. The van der Waals surface area contributed by atoms with Crippen LogP contribution in [-0.4, -0.2) is 25.4 Å². The molecule has 0 spiro atoms. The van der Waals surface area contributed by atoms with Gasteiger partial charge in [0.05, 0.1) is 12.1 Å². The van der Waals surface area contributed by atoms with Crippen LogP contribution >= 0.6 is 22.6 Å². The summed E-state index contributed by atoms with van der Waals surface area (Å²) in [5.41, 5.74) is 3.91. The van der Waals surface area contributed by atoms with E-state index in [2.05, 4.69) is 60.4 Å². The molecule has 0 aromatic heterocycles. The van der Waals surface area contributed by atoms with E-state index < -0.39 is 8.07 Å². The Morgan fingerprint density at radius 1 is 1.42 bits per heavy atom. The summed E-state index contributed by atoms with van der Waals surface area (Å²) in [5.74, 6) is -0.0596. The minimum Gasteiger partial charge on any atom is -0.268 e. The first kappa shape index (κ1) is 16.0. The number of amides is 1. The third-order valence-corrected chi connectivity index (χ3v) is 4.03. The number of carbonyl (C=O) groups excluding carboxylic acids is 1. The van der Waals surface area contributed by atoms with Crippen molar-refractivity contribution < 1.29 is 4.79 Å². The number of halogens is 1. The molecule has 100 valence electrons. The van der Waals surface area contributed by atoms with E-state index in [0.29, 0.717) is 12.1 Å². The van der Waals surface area contributed by atoms with Gasteiger partial charge in [-0.1, -0.05) is 37.8 Å². The predicted octanol–water partition coefficient (Wildman–Crippen LogP) is 3.76. The molecule has 4 heteroatoms. The zero-order valence-electron chi connectivity index (χ0n) is 11.5. The minimum atomic E-state index is -1.50. The molecular formula is C15H18INOSi. The van der Waals surface area contributed by atoms with Crippen LogP contribution in [0.4, 0.5) is 0 Å². The van der Waals surface area contributed by atoms with Crippen LogP contribution in [0.25, 0.3) is 0 Å². The van der Waals surface area contributed by atoms with Crippen molar-refractivity contribution in [1.29, 1.82) is 0 Å². The molecule has 0 bridgehead atoms. The minimum absolute atomic E-state index is 0.0596. The first-order chi connectivity index (χ1) is 8.85. The number of nitrogens with zero attached hydrogens (tertiary/aromatic N) is 1. The Balaban J connectivity index is 3.06. The maximum absolute atomic E-state index is 12.5. The molecule has 0 heterocycles. The van der Waals surface area contributed by atoms with Crippen LogP contribution in [0.2, 0.25) is 19.6 Å². The topological polar surface area (TPSA) is 20.3 Å². The van der Waals surface area contributed by atoms with Crippen LogP contribution in [0.3, 0.4) is 0 Å². The van der Waals surface area contributed by atoms with Crippen LogP contribution in [0.1, 0.15) is 10.4 Å². The molecule has 0 atom stereocenters. The molecule has 0 aliphatic heterocycles. The van der Waals surface area contributed by atoms with Crippen LogP contribution in [-0.2, 0) is 0 Å². The van der Waals surface area contributed by atoms with E-state index in [1.54, 1.807) is 11.0 Å². The lowest BCUT2D eigenvalue weighted by Crippen LogP contribution is -2.28. The van der Waals surface area contributed by atoms with E-state index in [1.165, 1.54) is 0 Å². The highest BCUT2D eigenvalue weighted by Gasteiger charge is 2.16. The maximum Gasteiger partial charge on any atom is 0.266 e. The molecule has 0 radical (unpaired) electrons. The third-order valence-electron chi connectivity index (χ3n) is 2.23. The lowest BCUT2D eigenvalue weighted by Gasteiger charge is -2.15. The molecule has 0 N–H and O–H groups in total. The van der Waals surface area contributed by atoms with Crippen molar-refractivity contribution in [3.63, 3.8) is 0 Å². The molecule has 0 unspecified atom stereocenters. The van der Waals surface area contributed by atoms with Gasteiger partial charge < -0.3 is 0 Å². The van der Waals surface area contributed by atoms with Crippen molar-refractivity contribution in [3.05, 3.63) is 46.1 Å². The van der Waals surface area contributed by atoms with Gasteiger partial charge in [0.1, 0.15) is 8.07 Å². The van der Waals surface area contributed by atoms with E-state index in [1.807, 2.05) is 24.3 Å². The summed E-state index contributed by atoms with van der Waals surface area (Å²) >= 11 is 2.17. The van der Waals surface area contributed by atoms with Gasteiger partial charge in [0.25, 0.3) is 5.91 Å². The normalized spacial score (nSPS) is 10.3. The van der Waals surface area contributed by atoms with Gasteiger partial charge >= 0.3 is 0 Å². The Morgan fingerprint density at radius 3 is 2.58 bits per heavy atom. The van der Waals surface area contributed by atoms with Crippen LogP contribution in [0.5, 0.6) is 0 Å². The average Bonchev–Trinajstić information content (AvgIpc) is 2.33. The molecule has 2 nitrogen and oxygen atoms in total. The smallest absolute Gasteiger partial charge is 0.266 e. The fraction of sp³-hybridized carbons (Fsp3) is 0.267. The zero-order valence-corrected chi connectivity index (χ0v) is 14.7. The number of carbonyl (C=O) groups is 1. The van der Waals surface area contributed by atoms with E-state index in [9.17, 15) is 4.79 Å². The summed E-state index contributed by atoms with van der Waals surface area (Å²) in [4.78, 5) is 14.0. The fourth-order valence-electron chi connectivity index (χ4n) is 1.32. The van der Waals surface area contributed by atoms with Crippen molar-refractivity contribution in [1.82, 2.24) is 4.90 Å². The summed E-state index contributed by atoms with van der Waals surface area (Å²) in [5, 5.41) is 0. The molecule has 1 aromatic rings. The number of hydrogen-bond acceptors (Lipinski definition) is 1. The molecule has 1 rings (SSSR count). The largest absolute Gasteiger partial charge is 0.268 e. The summed E-state index contributed by atoms with van der Waals surface area (Å²) in [7, 11) is -1.50. The first-order valence-electron chi connectivity index (χ1n) is 6.05. The summed E-state index contributed by atoms with van der Waals surface area (Å²) in [6.45, 7) is 10.6. The highest BCUT2D eigenvalue weighted by atomic mass is 127.